The third kappa shape index (κ3) is 2.36. The minimum atomic E-state index is -0.564. The van der Waals surface area contributed by atoms with Gasteiger partial charge in [0.2, 0.25) is 5.75 Å². The standard InChI is InChI=1S/C14H16O5/c1-8(2)18-13-12(17-4)11-9(16-3)6-5-7-10(11)19-14(13)15/h5-8H,1-4H3. The minimum absolute atomic E-state index is 0.0644. The molecule has 0 fully saturated rings. The van der Waals surface area contributed by atoms with Crippen molar-refractivity contribution in [1.82, 2.24) is 0 Å². The Morgan fingerprint density at radius 2 is 1.84 bits per heavy atom. The zero-order valence-corrected chi connectivity index (χ0v) is 11.4. The van der Waals surface area contributed by atoms with E-state index >= 15 is 0 Å². The fourth-order valence-electron chi connectivity index (χ4n) is 1.87. The largest absolute Gasteiger partial charge is 0.496 e. The van der Waals surface area contributed by atoms with Gasteiger partial charge in [-0.2, -0.15) is 0 Å². The highest BCUT2D eigenvalue weighted by Gasteiger charge is 2.20. The van der Waals surface area contributed by atoms with Gasteiger partial charge < -0.3 is 18.6 Å². The van der Waals surface area contributed by atoms with Gasteiger partial charge in [0.25, 0.3) is 0 Å². The van der Waals surface area contributed by atoms with E-state index in [0.29, 0.717) is 22.5 Å². The average molecular weight is 264 g/mol. The van der Waals surface area contributed by atoms with Crippen LogP contribution in [0.15, 0.2) is 27.4 Å². The van der Waals surface area contributed by atoms with Gasteiger partial charge in [-0.25, -0.2) is 4.79 Å². The fraction of sp³-hybridized carbons (Fsp3) is 0.357. The summed E-state index contributed by atoms with van der Waals surface area (Å²) in [7, 11) is 3.02. The second-order valence-corrected chi connectivity index (χ2v) is 4.25. The number of methoxy groups -OCH3 is 2. The number of fused-ring (bicyclic) bond motifs is 1. The lowest BCUT2D eigenvalue weighted by molar-refractivity contribution is 0.220. The molecule has 0 aliphatic rings. The second kappa shape index (κ2) is 5.22. The molecular formula is C14H16O5. The van der Waals surface area contributed by atoms with E-state index in [1.807, 2.05) is 13.8 Å². The monoisotopic (exact) mass is 264 g/mol. The van der Waals surface area contributed by atoms with Gasteiger partial charge in [-0.1, -0.05) is 6.07 Å². The van der Waals surface area contributed by atoms with E-state index in [2.05, 4.69) is 0 Å². The van der Waals surface area contributed by atoms with Crippen molar-refractivity contribution in [3.8, 4) is 17.2 Å². The molecule has 102 valence electrons. The van der Waals surface area contributed by atoms with Gasteiger partial charge in [0.05, 0.1) is 20.3 Å². The maximum Gasteiger partial charge on any atom is 0.383 e. The molecular weight excluding hydrogens is 248 g/mol. The van der Waals surface area contributed by atoms with Gasteiger partial charge in [0.1, 0.15) is 16.7 Å². The summed E-state index contributed by atoms with van der Waals surface area (Å²) in [5.41, 5.74) is -0.163. The van der Waals surface area contributed by atoms with Crippen LogP contribution in [0, 0.1) is 0 Å². The number of benzene rings is 1. The first-order valence-electron chi connectivity index (χ1n) is 5.93. The molecule has 5 nitrogen and oxygen atoms in total. The lowest BCUT2D eigenvalue weighted by atomic mass is 10.2. The molecule has 0 N–H and O–H groups in total. The van der Waals surface area contributed by atoms with Crippen molar-refractivity contribution in [2.24, 2.45) is 0 Å². The van der Waals surface area contributed by atoms with Crippen molar-refractivity contribution >= 4 is 11.0 Å². The Balaban J connectivity index is 2.82. The molecule has 0 amide bonds. The van der Waals surface area contributed by atoms with Crippen LogP contribution < -0.4 is 19.8 Å². The van der Waals surface area contributed by atoms with E-state index in [0.717, 1.165) is 0 Å². The summed E-state index contributed by atoms with van der Waals surface area (Å²) >= 11 is 0. The molecule has 1 heterocycles. The maximum atomic E-state index is 11.9. The molecule has 1 aromatic heterocycles. The van der Waals surface area contributed by atoms with E-state index < -0.39 is 5.63 Å². The molecule has 0 saturated heterocycles. The van der Waals surface area contributed by atoms with Gasteiger partial charge in [-0.05, 0) is 26.0 Å². The summed E-state index contributed by atoms with van der Waals surface area (Å²) < 4.78 is 21.3. The van der Waals surface area contributed by atoms with E-state index in [4.69, 9.17) is 18.6 Å². The summed E-state index contributed by atoms with van der Waals surface area (Å²) in [5, 5.41) is 0.586. The van der Waals surface area contributed by atoms with Crippen LogP contribution in [-0.4, -0.2) is 20.3 Å². The number of rotatable bonds is 4. The molecule has 2 rings (SSSR count). The van der Waals surface area contributed by atoms with E-state index in [9.17, 15) is 4.79 Å². The van der Waals surface area contributed by atoms with Crippen LogP contribution in [0.2, 0.25) is 0 Å². The molecule has 0 spiro atoms. The summed E-state index contributed by atoms with van der Waals surface area (Å²) in [6.07, 6.45) is -0.163. The van der Waals surface area contributed by atoms with Crippen LogP contribution in [0.5, 0.6) is 17.2 Å². The van der Waals surface area contributed by atoms with Crippen molar-refractivity contribution in [3.63, 3.8) is 0 Å². The van der Waals surface area contributed by atoms with Gasteiger partial charge in [0.15, 0.2) is 5.75 Å². The Morgan fingerprint density at radius 1 is 1.11 bits per heavy atom. The topological polar surface area (TPSA) is 57.9 Å². The fourth-order valence-corrected chi connectivity index (χ4v) is 1.87. The molecule has 2 aromatic rings. The zero-order chi connectivity index (χ0) is 14.0. The molecule has 0 bridgehead atoms. The van der Waals surface area contributed by atoms with Crippen molar-refractivity contribution in [3.05, 3.63) is 28.6 Å². The first-order chi connectivity index (χ1) is 9.08. The van der Waals surface area contributed by atoms with Crippen molar-refractivity contribution in [2.75, 3.05) is 14.2 Å². The van der Waals surface area contributed by atoms with Crippen LogP contribution in [0.25, 0.3) is 11.0 Å². The highest BCUT2D eigenvalue weighted by atomic mass is 16.5. The highest BCUT2D eigenvalue weighted by Crippen LogP contribution is 2.38. The molecule has 0 atom stereocenters. The summed E-state index contributed by atoms with van der Waals surface area (Å²) in [5.74, 6) is 0.957. The molecule has 5 heteroatoms. The molecule has 0 unspecified atom stereocenters. The lowest BCUT2D eigenvalue weighted by Crippen LogP contribution is -2.14. The van der Waals surface area contributed by atoms with Crippen LogP contribution in [0.3, 0.4) is 0 Å². The Hall–Kier alpha value is -2.17. The normalized spacial score (nSPS) is 10.8. The molecule has 0 aliphatic carbocycles. The molecule has 0 aliphatic heterocycles. The van der Waals surface area contributed by atoms with Gasteiger partial charge in [-0.3, -0.25) is 0 Å². The number of ether oxygens (including phenoxy) is 3. The SMILES string of the molecule is COc1cccc2oc(=O)c(OC(C)C)c(OC)c12. The quantitative estimate of drug-likeness (QED) is 0.794. The van der Waals surface area contributed by atoms with Crippen molar-refractivity contribution < 1.29 is 18.6 Å². The highest BCUT2D eigenvalue weighted by molar-refractivity contribution is 5.91. The average Bonchev–Trinajstić information content (AvgIpc) is 2.38. The van der Waals surface area contributed by atoms with Crippen LogP contribution in [-0.2, 0) is 0 Å². The Labute approximate surface area is 110 Å². The number of hydrogen-bond acceptors (Lipinski definition) is 5. The van der Waals surface area contributed by atoms with Gasteiger partial charge in [-0.15, -0.1) is 0 Å². The van der Waals surface area contributed by atoms with Gasteiger partial charge in [0, 0.05) is 0 Å². The van der Waals surface area contributed by atoms with E-state index in [1.54, 1.807) is 25.3 Å². The summed E-state index contributed by atoms with van der Waals surface area (Å²) in [6, 6.07) is 5.19. The second-order valence-electron chi connectivity index (χ2n) is 4.25. The minimum Gasteiger partial charge on any atom is -0.496 e. The Kier molecular flexibility index (Phi) is 3.64. The van der Waals surface area contributed by atoms with Crippen molar-refractivity contribution in [1.29, 1.82) is 0 Å². The maximum absolute atomic E-state index is 11.9. The zero-order valence-electron chi connectivity index (χ0n) is 11.4. The van der Waals surface area contributed by atoms with Crippen molar-refractivity contribution in [2.45, 2.75) is 20.0 Å². The molecule has 19 heavy (non-hydrogen) atoms. The Morgan fingerprint density at radius 3 is 2.42 bits per heavy atom. The first kappa shape index (κ1) is 13.3. The van der Waals surface area contributed by atoms with Crippen LogP contribution in [0.4, 0.5) is 0 Å². The number of hydrogen-bond donors (Lipinski definition) is 0. The third-order valence-electron chi connectivity index (χ3n) is 2.59. The summed E-state index contributed by atoms with van der Waals surface area (Å²) in [6.45, 7) is 3.65. The van der Waals surface area contributed by atoms with E-state index in [1.165, 1.54) is 7.11 Å². The van der Waals surface area contributed by atoms with Crippen LogP contribution >= 0.6 is 0 Å². The predicted molar refractivity (Wildman–Crippen MR) is 71.4 cm³/mol. The first-order valence-corrected chi connectivity index (χ1v) is 5.93. The lowest BCUT2D eigenvalue weighted by Gasteiger charge is -2.14. The van der Waals surface area contributed by atoms with Gasteiger partial charge >= 0.3 is 5.63 Å². The smallest absolute Gasteiger partial charge is 0.383 e. The molecule has 1 aromatic carbocycles. The molecule has 0 radical (unpaired) electrons. The molecule has 0 saturated carbocycles. The van der Waals surface area contributed by atoms with E-state index in [-0.39, 0.29) is 11.9 Å². The third-order valence-corrected chi connectivity index (χ3v) is 2.59. The predicted octanol–water partition coefficient (Wildman–Crippen LogP) is 2.60. The van der Waals surface area contributed by atoms with Crippen LogP contribution in [0.1, 0.15) is 13.8 Å². The summed E-state index contributed by atoms with van der Waals surface area (Å²) in [4.78, 5) is 11.9. The Bertz CT molecular complexity index is 642.